The average molecular weight is 505 g/mol. The van der Waals surface area contributed by atoms with Crippen molar-refractivity contribution in [1.29, 1.82) is 0 Å². The Labute approximate surface area is 203 Å². The quantitative estimate of drug-likeness (QED) is 0.347. The van der Waals surface area contributed by atoms with Gasteiger partial charge in [0.2, 0.25) is 0 Å². The monoisotopic (exact) mass is 505 g/mol. The number of nitrogens with one attached hydrogen (secondary N) is 2. The van der Waals surface area contributed by atoms with Gasteiger partial charge in [0.1, 0.15) is 11.6 Å². The molecule has 2 aromatic carbocycles. The zero-order chi connectivity index (χ0) is 25.3. The highest BCUT2D eigenvalue weighted by atomic mass is 32.2. The lowest BCUT2D eigenvalue weighted by Crippen LogP contribution is -2.15. The van der Waals surface area contributed by atoms with E-state index in [0.717, 1.165) is 35.9 Å². The Morgan fingerprint density at radius 1 is 0.944 bits per heavy atom. The van der Waals surface area contributed by atoms with E-state index in [4.69, 9.17) is 0 Å². The van der Waals surface area contributed by atoms with E-state index in [9.17, 15) is 17.2 Å². The first-order chi connectivity index (χ1) is 17.3. The molecule has 0 saturated carbocycles. The molecule has 7 nitrogen and oxygen atoms in total. The van der Waals surface area contributed by atoms with Gasteiger partial charge in [-0.25, -0.2) is 26.6 Å². The van der Waals surface area contributed by atoms with E-state index in [0.29, 0.717) is 22.3 Å². The van der Waals surface area contributed by atoms with E-state index in [2.05, 4.69) is 32.0 Å². The number of sulfonamides is 1. The van der Waals surface area contributed by atoms with Crippen LogP contribution in [0.5, 0.6) is 0 Å². The molecule has 0 aliphatic carbocycles. The van der Waals surface area contributed by atoms with Crippen molar-refractivity contribution < 1.29 is 21.6 Å². The molecule has 0 unspecified atom stereocenters. The predicted octanol–water partition coefficient (Wildman–Crippen LogP) is 4.64. The zero-order valence-electron chi connectivity index (χ0n) is 18.1. The normalized spacial score (nSPS) is 11.2. The second kappa shape index (κ2) is 9.16. The molecule has 5 rings (SSSR count). The zero-order valence-corrected chi connectivity index (χ0v) is 18.9. The Kier molecular flexibility index (Phi) is 5.87. The maximum Gasteiger partial charge on any atom is 0.262 e. The third kappa shape index (κ3) is 4.49. The molecule has 0 saturated heterocycles. The van der Waals surface area contributed by atoms with E-state index < -0.39 is 43.6 Å². The molecule has 5 aromatic rings. The number of benzene rings is 2. The summed E-state index contributed by atoms with van der Waals surface area (Å²) < 4.78 is 70.0. The molecule has 0 fully saturated rings. The van der Waals surface area contributed by atoms with E-state index in [1.165, 1.54) is 12.3 Å². The van der Waals surface area contributed by atoms with Crippen LogP contribution in [0.15, 0.2) is 78.1 Å². The minimum absolute atomic E-state index is 0.351. The summed E-state index contributed by atoms with van der Waals surface area (Å²) in [6, 6.07) is 11.2. The molecular weight excluding hydrogens is 491 g/mol. The fourth-order valence-electron chi connectivity index (χ4n) is 3.43. The summed E-state index contributed by atoms with van der Waals surface area (Å²) in [7, 11) is -4.33. The second-order valence-corrected chi connectivity index (χ2v) is 9.21. The van der Waals surface area contributed by atoms with E-state index >= 15 is 4.39 Å². The summed E-state index contributed by atoms with van der Waals surface area (Å²) in [5, 5.41) is 7.69. The summed E-state index contributed by atoms with van der Waals surface area (Å²) in [6.07, 6.45) is 4.65. The van der Waals surface area contributed by atoms with Crippen molar-refractivity contribution in [2.75, 3.05) is 4.72 Å². The molecule has 3 heterocycles. The van der Waals surface area contributed by atoms with Crippen LogP contribution in [0.1, 0.15) is 11.1 Å². The van der Waals surface area contributed by atoms with E-state index in [-0.39, 0.29) is 0 Å². The molecule has 3 aromatic heterocycles. The molecule has 2 N–H and O–H groups in total. The molecule has 178 valence electrons. The average Bonchev–Trinajstić information content (AvgIpc) is 3.29. The van der Waals surface area contributed by atoms with Gasteiger partial charge >= 0.3 is 0 Å². The highest BCUT2D eigenvalue weighted by molar-refractivity contribution is 7.92. The van der Waals surface area contributed by atoms with Crippen molar-refractivity contribution in [2.24, 2.45) is 0 Å². The van der Waals surface area contributed by atoms with Gasteiger partial charge in [0.15, 0.2) is 11.5 Å². The van der Waals surface area contributed by atoms with Crippen LogP contribution in [-0.2, 0) is 10.0 Å². The number of hydrogen-bond acceptors (Lipinski definition) is 5. The van der Waals surface area contributed by atoms with Crippen LogP contribution >= 0.6 is 0 Å². The lowest BCUT2D eigenvalue weighted by atomic mass is 10.1. The van der Waals surface area contributed by atoms with Gasteiger partial charge in [0.25, 0.3) is 10.0 Å². The van der Waals surface area contributed by atoms with Gasteiger partial charge in [-0.05, 0) is 48.5 Å². The standard InChI is InChI=1S/C25H14F3N5O2S/c26-17-2-1-3-18(13-17)36(34,35)33-22-7-6-21(27)19(23(22)28)5-4-15-12-20-24(16-8-10-29-11-9-16)31-32-25(20)30-14-15/h1-3,6-14,33H,(H,30,31,32). The molecule has 11 heteroatoms. The summed E-state index contributed by atoms with van der Waals surface area (Å²) in [5.74, 6) is 2.10. The van der Waals surface area contributed by atoms with Crippen LogP contribution in [-0.4, -0.2) is 28.6 Å². The number of pyridine rings is 2. The lowest BCUT2D eigenvalue weighted by molar-refractivity contribution is 0.577. The molecule has 0 radical (unpaired) electrons. The SMILES string of the molecule is O=S(=O)(Nc1ccc(F)c(C#Cc2cnc3n[nH]c(-c4ccncc4)c3c2)c1F)c1cccc(F)c1. The number of aromatic amines is 1. The number of aromatic nitrogens is 4. The van der Waals surface area contributed by atoms with Gasteiger partial charge < -0.3 is 0 Å². The van der Waals surface area contributed by atoms with Crippen molar-refractivity contribution >= 4 is 26.7 Å². The van der Waals surface area contributed by atoms with E-state index in [1.807, 2.05) is 4.72 Å². The number of hydrogen-bond donors (Lipinski definition) is 2. The van der Waals surface area contributed by atoms with Crippen molar-refractivity contribution in [1.82, 2.24) is 20.2 Å². The smallest absolute Gasteiger partial charge is 0.262 e. The molecule has 36 heavy (non-hydrogen) atoms. The number of rotatable bonds is 4. The molecule has 0 atom stereocenters. The van der Waals surface area contributed by atoms with Gasteiger partial charge in [-0.2, -0.15) is 5.10 Å². The molecule has 0 amide bonds. The molecule has 0 aliphatic rings. The Balaban J connectivity index is 1.50. The van der Waals surface area contributed by atoms with Crippen LogP contribution < -0.4 is 4.72 Å². The molecular formula is C25H14F3N5O2S. The topological polar surface area (TPSA) is 101 Å². The van der Waals surface area contributed by atoms with Gasteiger partial charge in [-0.3, -0.25) is 14.8 Å². The minimum atomic E-state index is -4.33. The van der Waals surface area contributed by atoms with Crippen molar-refractivity contribution in [3.05, 3.63) is 102 Å². The fourth-order valence-corrected chi connectivity index (χ4v) is 4.52. The summed E-state index contributed by atoms with van der Waals surface area (Å²) in [6.45, 7) is 0. The third-order valence-corrected chi connectivity index (χ3v) is 6.52. The van der Waals surface area contributed by atoms with Crippen molar-refractivity contribution in [3.63, 3.8) is 0 Å². The Morgan fingerprint density at radius 2 is 1.75 bits per heavy atom. The third-order valence-electron chi connectivity index (χ3n) is 5.15. The number of nitrogens with zero attached hydrogens (tertiary/aromatic N) is 3. The fraction of sp³-hybridized carbons (Fsp3) is 0. The Morgan fingerprint density at radius 3 is 2.53 bits per heavy atom. The van der Waals surface area contributed by atoms with E-state index in [1.54, 1.807) is 30.6 Å². The summed E-state index contributed by atoms with van der Waals surface area (Å²) in [4.78, 5) is 7.79. The first kappa shape index (κ1) is 23.1. The highest BCUT2D eigenvalue weighted by Gasteiger charge is 2.20. The van der Waals surface area contributed by atoms with Crippen LogP contribution in [0.3, 0.4) is 0 Å². The Hall–Kier alpha value is -4.69. The Bertz CT molecular complexity index is 1780. The van der Waals surface area contributed by atoms with Crippen LogP contribution in [0.25, 0.3) is 22.3 Å². The number of H-pyrrole nitrogens is 1. The molecule has 0 aliphatic heterocycles. The first-order valence-corrected chi connectivity index (χ1v) is 11.8. The van der Waals surface area contributed by atoms with Crippen molar-refractivity contribution in [3.8, 4) is 23.1 Å². The number of fused-ring (bicyclic) bond motifs is 1. The summed E-state index contributed by atoms with van der Waals surface area (Å²) in [5.41, 5.74) is 1.09. The van der Waals surface area contributed by atoms with Gasteiger partial charge in [0, 0.05) is 35.1 Å². The lowest BCUT2D eigenvalue weighted by Gasteiger charge is -2.10. The molecule has 0 spiro atoms. The first-order valence-electron chi connectivity index (χ1n) is 10.3. The van der Waals surface area contributed by atoms with Crippen LogP contribution in [0, 0.1) is 29.3 Å². The largest absolute Gasteiger partial charge is 0.277 e. The summed E-state index contributed by atoms with van der Waals surface area (Å²) >= 11 is 0. The van der Waals surface area contributed by atoms with Gasteiger partial charge in [0.05, 0.1) is 21.8 Å². The maximum atomic E-state index is 15.1. The highest BCUT2D eigenvalue weighted by Crippen LogP contribution is 2.26. The maximum absolute atomic E-state index is 15.1. The second-order valence-electron chi connectivity index (χ2n) is 7.53. The number of halogens is 3. The molecule has 0 bridgehead atoms. The van der Waals surface area contributed by atoms with Gasteiger partial charge in [-0.1, -0.05) is 17.9 Å². The van der Waals surface area contributed by atoms with Crippen LogP contribution in [0.4, 0.5) is 18.9 Å². The predicted molar refractivity (Wildman–Crippen MR) is 127 cm³/mol. The van der Waals surface area contributed by atoms with Crippen molar-refractivity contribution in [2.45, 2.75) is 4.90 Å². The van der Waals surface area contributed by atoms with Gasteiger partial charge in [-0.15, -0.1) is 0 Å². The minimum Gasteiger partial charge on any atom is -0.277 e. The number of anilines is 1. The van der Waals surface area contributed by atoms with Crippen LogP contribution in [0.2, 0.25) is 0 Å².